The van der Waals surface area contributed by atoms with Crippen molar-refractivity contribution in [2.75, 3.05) is 5.32 Å². The SMILES string of the molecule is N#C/C(=C/NCc1cccc(F)c1)C(=O)Nc1ccccc1Sc1ccccc1. The van der Waals surface area contributed by atoms with Gasteiger partial charge >= 0.3 is 0 Å². The highest BCUT2D eigenvalue weighted by Crippen LogP contribution is 2.33. The van der Waals surface area contributed by atoms with Crippen LogP contribution in [-0.2, 0) is 11.3 Å². The fourth-order valence-electron chi connectivity index (χ4n) is 2.53. The molecule has 0 aliphatic heterocycles. The summed E-state index contributed by atoms with van der Waals surface area (Å²) in [6.07, 6.45) is 1.34. The second kappa shape index (κ2) is 10.1. The topological polar surface area (TPSA) is 64.9 Å². The highest BCUT2D eigenvalue weighted by atomic mass is 32.2. The van der Waals surface area contributed by atoms with Gasteiger partial charge in [0.15, 0.2) is 0 Å². The minimum absolute atomic E-state index is 0.0686. The van der Waals surface area contributed by atoms with E-state index in [0.29, 0.717) is 17.8 Å². The number of nitriles is 1. The molecule has 0 saturated heterocycles. The van der Waals surface area contributed by atoms with Crippen molar-refractivity contribution >= 4 is 23.4 Å². The largest absolute Gasteiger partial charge is 0.386 e. The molecule has 29 heavy (non-hydrogen) atoms. The summed E-state index contributed by atoms with van der Waals surface area (Å²) in [6.45, 7) is 0.302. The Morgan fingerprint density at radius 2 is 1.79 bits per heavy atom. The normalized spacial score (nSPS) is 10.8. The van der Waals surface area contributed by atoms with Crippen molar-refractivity contribution in [3.63, 3.8) is 0 Å². The number of hydrogen-bond donors (Lipinski definition) is 2. The van der Waals surface area contributed by atoms with E-state index in [0.717, 1.165) is 9.79 Å². The van der Waals surface area contributed by atoms with Crippen molar-refractivity contribution in [1.82, 2.24) is 5.32 Å². The number of carbonyl (C=O) groups excluding carboxylic acids is 1. The minimum atomic E-state index is -0.514. The van der Waals surface area contributed by atoms with Gasteiger partial charge in [0, 0.05) is 22.5 Å². The van der Waals surface area contributed by atoms with Crippen molar-refractivity contribution in [3.8, 4) is 6.07 Å². The molecule has 0 radical (unpaired) electrons. The molecule has 0 aliphatic rings. The Labute approximate surface area is 173 Å². The number of benzene rings is 3. The van der Waals surface area contributed by atoms with E-state index >= 15 is 0 Å². The molecule has 0 spiro atoms. The van der Waals surface area contributed by atoms with Crippen LogP contribution < -0.4 is 10.6 Å². The smallest absolute Gasteiger partial charge is 0.267 e. The van der Waals surface area contributed by atoms with Gasteiger partial charge < -0.3 is 10.6 Å². The first-order chi connectivity index (χ1) is 14.2. The number of hydrogen-bond acceptors (Lipinski definition) is 4. The van der Waals surface area contributed by atoms with Gasteiger partial charge in [0.2, 0.25) is 0 Å². The quantitative estimate of drug-likeness (QED) is 0.425. The van der Waals surface area contributed by atoms with Crippen LogP contribution in [0, 0.1) is 17.1 Å². The third kappa shape index (κ3) is 5.96. The number of anilines is 1. The molecule has 0 saturated carbocycles. The van der Waals surface area contributed by atoms with Crippen LogP contribution in [0.25, 0.3) is 0 Å². The minimum Gasteiger partial charge on any atom is -0.386 e. The number of amides is 1. The predicted molar refractivity (Wildman–Crippen MR) is 113 cm³/mol. The molecule has 3 rings (SSSR count). The van der Waals surface area contributed by atoms with E-state index in [1.165, 1.54) is 30.1 Å². The first-order valence-corrected chi connectivity index (χ1v) is 9.69. The van der Waals surface area contributed by atoms with Gasteiger partial charge in [-0.2, -0.15) is 5.26 Å². The fraction of sp³-hybridized carbons (Fsp3) is 0.0435. The summed E-state index contributed by atoms with van der Waals surface area (Å²) >= 11 is 1.52. The van der Waals surface area contributed by atoms with E-state index in [9.17, 15) is 14.4 Å². The van der Waals surface area contributed by atoms with E-state index in [4.69, 9.17) is 0 Å². The summed E-state index contributed by atoms with van der Waals surface area (Å²) in [5.74, 6) is -0.848. The molecule has 4 nitrogen and oxygen atoms in total. The lowest BCUT2D eigenvalue weighted by atomic mass is 10.2. The Kier molecular flexibility index (Phi) is 7.04. The van der Waals surface area contributed by atoms with Gasteiger partial charge in [0.05, 0.1) is 5.69 Å². The van der Waals surface area contributed by atoms with Gasteiger partial charge in [-0.05, 0) is 42.0 Å². The Morgan fingerprint density at radius 3 is 2.55 bits per heavy atom. The maximum atomic E-state index is 13.2. The Hall–Kier alpha value is -3.56. The molecule has 0 aromatic heterocycles. The van der Waals surface area contributed by atoms with Crippen LogP contribution in [0.1, 0.15) is 5.56 Å². The molecule has 0 fully saturated rings. The molecular weight excluding hydrogens is 385 g/mol. The monoisotopic (exact) mass is 403 g/mol. The number of rotatable bonds is 7. The van der Waals surface area contributed by atoms with Gasteiger partial charge in [-0.15, -0.1) is 0 Å². The van der Waals surface area contributed by atoms with E-state index in [1.54, 1.807) is 18.2 Å². The summed E-state index contributed by atoms with van der Waals surface area (Å²) in [5.41, 5.74) is 1.27. The molecule has 2 N–H and O–H groups in total. The molecular formula is C23H18FN3OS. The van der Waals surface area contributed by atoms with Crippen molar-refractivity contribution in [3.05, 3.63) is 102 Å². The Morgan fingerprint density at radius 1 is 1.03 bits per heavy atom. The van der Waals surface area contributed by atoms with Crippen molar-refractivity contribution in [1.29, 1.82) is 5.26 Å². The molecule has 3 aromatic carbocycles. The van der Waals surface area contributed by atoms with E-state index < -0.39 is 5.91 Å². The maximum Gasteiger partial charge on any atom is 0.267 e. The van der Waals surface area contributed by atoms with Crippen LogP contribution in [0.5, 0.6) is 0 Å². The van der Waals surface area contributed by atoms with Crippen LogP contribution in [0.2, 0.25) is 0 Å². The summed E-state index contributed by atoms with van der Waals surface area (Å²) in [7, 11) is 0. The van der Waals surface area contributed by atoms with Crippen molar-refractivity contribution < 1.29 is 9.18 Å². The molecule has 144 valence electrons. The van der Waals surface area contributed by atoms with Crippen LogP contribution in [0.4, 0.5) is 10.1 Å². The summed E-state index contributed by atoms with van der Waals surface area (Å²) < 4.78 is 13.2. The second-order valence-corrected chi connectivity index (χ2v) is 7.16. The molecule has 0 heterocycles. The Balaban J connectivity index is 1.67. The zero-order chi connectivity index (χ0) is 20.5. The number of nitrogens with one attached hydrogen (secondary N) is 2. The standard InChI is InChI=1S/C23H18FN3OS/c24-19-8-6-7-17(13-19)15-26-16-18(14-25)23(28)27-21-11-4-5-12-22(21)29-20-9-2-1-3-10-20/h1-13,16,26H,15H2,(H,27,28)/b18-16-. The molecule has 0 atom stereocenters. The van der Waals surface area contributed by atoms with Gasteiger partial charge in [-0.3, -0.25) is 4.79 Å². The van der Waals surface area contributed by atoms with Crippen LogP contribution in [0.15, 0.2) is 100 Å². The lowest BCUT2D eigenvalue weighted by molar-refractivity contribution is -0.112. The molecule has 0 bridgehead atoms. The highest BCUT2D eigenvalue weighted by Gasteiger charge is 2.12. The number of carbonyl (C=O) groups is 1. The summed E-state index contributed by atoms with van der Waals surface area (Å²) in [4.78, 5) is 14.4. The van der Waals surface area contributed by atoms with Gasteiger partial charge in [0.1, 0.15) is 17.5 Å². The average molecular weight is 403 g/mol. The van der Waals surface area contributed by atoms with Crippen LogP contribution >= 0.6 is 11.8 Å². The maximum absolute atomic E-state index is 13.2. The molecule has 3 aromatic rings. The third-order valence-corrected chi connectivity index (χ3v) is 5.00. The summed E-state index contributed by atoms with van der Waals surface area (Å²) in [5, 5.41) is 15.0. The van der Waals surface area contributed by atoms with Gasteiger partial charge in [0.25, 0.3) is 5.91 Å². The van der Waals surface area contributed by atoms with Crippen LogP contribution in [-0.4, -0.2) is 5.91 Å². The first-order valence-electron chi connectivity index (χ1n) is 8.87. The average Bonchev–Trinajstić information content (AvgIpc) is 2.73. The lowest BCUT2D eigenvalue weighted by Crippen LogP contribution is -2.17. The van der Waals surface area contributed by atoms with Crippen molar-refractivity contribution in [2.45, 2.75) is 16.3 Å². The summed E-state index contributed by atoms with van der Waals surface area (Å²) in [6, 6.07) is 25.2. The lowest BCUT2D eigenvalue weighted by Gasteiger charge is -2.10. The van der Waals surface area contributed by atoms with E-state index in [2.05, 4.69) is 10.6 Å². The van der Waals surface area contributed by atoms with Gasteiger partial charge in [-0.25, -0.2) is 4.39 Å². The van der Waals surface area contributed by atoms with Crippen LogP contribution in [0.3, 0.4) is 0 Å². The van der Waals surface area contributed by atoms with Gasteiger partial charge in [-0.1, -0.05) is 54.2 Å². The number of para-hydroxylation sites is 1. The fourth-order valence-corrected chi connectivity index (χ4v) is 3.45. The molecule has 6 heteroatoms. The number of halogens is 1. The molecule has 1 amide bonds. The van der Waals surface area contributed by atoms with E-state index in [-0.39, 0.29) is 11.4 Å². The second-order valence-electron chi connectivity index (χ2n) is 6.05. The molecule has 0 aliphatic carbocycles. The zero-order valence-electron chi connectivity index (χ0n) is 15.4. The zero-order valence-corrected chi connectivity index (χ0v) is 16.2. The first kappa shape index (κ1) is 20.2. The number of nitrogens with zero attached hydrogens (tertiary/aromatic N) is 1. The van der Waals surface area contributed by atoms with Crippen molar-refractivity contribution in [2.24, 2.45) is 0 Å². The third-order valence-electron chi connectivity index (χ3n) is 3.91. The Bertz CT molecular complexity index is 1060. The highest BCUT2D eigenvalue weighted by molar-refractivity contribution is 7.99. The molecule has 0 unspecified atom stereocenters. The van der Waals surface area contributed by atoms with E-state index in [1.807, 2.05) is 54.6 Å². The predicted octanol–water partition coefficient (Wildman–Crippen LogP) is 5.11.